The first-order chi connectivity index (χ1) is 13.9. The van der Waals surface area contributed by atoms with Gasteiger partial charge in [0.15, 0.2) is 17.3 Å². The summed E-state index contributed by atoms with van der Waals surface area (Å²) in [5, 5.41) is 3.75. The van der Waals surface area contributed by atoms with Gasteiger partial charge in [0.1, 0.15) is 0 Å². The third kappa shape index (κ3) is 4.21. The molecule has 1 fully saturated rings. The van der Waals surface area contributed by atoms with E-state index in [1.807, 2.05) is 30.9 Å². The van der Waals surface area contributed by atoms with Crippen LogP contribution >= 0.6 is 12.4 Å². The normalized spacial score (nSPS) is 16.3. The second-order valence-electron chi connectivity index (χ2n) is 7.47. The van der Waals surface area contributed by atoms with Crippen LogP contribution in [-0.2, 0) is 0 Å². The zero-order chi connectivity index (χ0) is 20.5. The first kappa shape index (κ1) is 21.9. The van der Waals surface area contributed by atoms with Crippen molar-refractivity contribution in [2.75, 3.05) is 11.9 Å². The predicted molar refractivity (Wildman–Crippen MR) is 116 cm³/mol. The summed E-state index contributed by atoms with van der Waals surface area (Å²) in [6.07, 6.45) is 4.54. The highest BCUT2D eigenvalue weighted by atomic mass is 35.5. The highest BCUT2D eigenvalue weighted by Crippen LogP contribution is 2.31. The van der Waals surface area contributed by atoms with Crippen molar-refractivity contribution in [3.05, 3.63) is 59.4 Å². The monoisotopic (exact) mass is 432 g/mol. The van der Waals surface area contributed by atoms with Gasteiger partial charge in [-0.2, -0.15) is 0 Å². The minimum atomic E-state index is -0.958. The maximum atomic E-state index is 13.7. The van der Waals surface area contributed by atoms with Crippen molar-refractivity contribution in [1.29, 1.82) is 0 Å². The Labute approximate surface area is 179 Å². The Kier molecular flexibility index (Phi) is 6.51. The smallest absolute Gasteiger partial charge is 0.257 e. The number of aryl methyl sites for hydroxylation is 1. The van der Waals surface area contributed by atoms with Gasteiger partial charge in [-0.15, -0.1) is 12.4 Å². The molecule has 1 aliphatic rings. The second kappa shape index (κ2) is 8.92. The molecule has 2 aromatic heterocycles. The van der Waals surface area contributed by atoms with Crippen molar-refractivity contribution in [2.45, 2.75) is 39.2 Å². The number of piperidine rings is 1. The molecular weight excluding hydrogens is 410 g/mol. The Hall–Kier alpha value is -2.80. The zero-order valence-corrected chi connectivity index (χ0v) is 17.6. The van der Waals surface area contributed by atoms with Crippen LogP contribution in [0.1, 0.15) is 42.2 Å². The number of aromatic nitrogens is 2. The van der Waals surface area contributed by atoms with Gasteiger partial charge in [0.05, 0.1) is 11.3 Å². The predicted octanol–water partition coefficient (Wildman–Crippen LogP) is 5.40. The van der Waals surface area contributed by atoms with E-state index in [0.717, 1.165) is 37.1 Å². The number of hydrogen-bond acceptors (Lipinski definition) is 4. The van der Waals surface area contributed by atoms with E-state index in [4.69, 9.17) is 0 Å². The first-order valence-electron chi connectivity index (χ1n) is 9.73. The van der Waals surface area contributed by atoms with E-state index < -0.39 is 11.6 Å². The summed E-state index contributed by atoms with van der Waals surface area (Å²) < 4.78 is 27.1. The van der Waals surface area contributed by atoms with Crippen molar-refractivity contribution in [2.24, 2.45) is 0 Å². The molecule has 158 valence electrons. The zero-order valence-electron chi connectivity index (χ0n) is 16.8. The van der Waals surface area contributed by atoms with E-state index >= 15 is 0 Å². The lowest BCUT2D eigenvalue weighted by Gasteiger charge is -2.34. The van der Waals surface area contributed by atoms with Crippen LogP contribution in [-0.4, -0.2) is 33.4 Å². The van der Waals surface area contributed by atoms with E-state index in [2.05, 4.69) is 15.3 Å². The van der Waals surface area contributed by atoms with Gasteiger partial charge in [-0.1, -0.05) is 0 Å². The van der Waals surface area contributed by atoms with E-state index in [1.54, 1.807) is 0 Å². The molecule has 0 spiro atoms. The van der Waals surface area contributed by atoms with E-state index in [-0.39, 0.29) is 24.4 Å². The van der Waals surface area contributed by atoms with Crippen molar-refractivity contribution >= 4 is 40.7 Å². The minimum Gasteiger partial charge on any atom is -0.354 e. The number of halogens is 3. The van der Waals surface area contributed by atoms with Crippen LogP contribution in [0.15, 0.2) is 36.5 Å². The number of nitrogens with one attached hydrogen (secondary N) is 1. The molecule has 5 nitrogen and oxygen atoms in total. The summed E-state index contributed by atoms with van der Waals surface area (Å²) in [5.74, 6) is -2.01. The van der Waals surface area contributed by atoms with Crippen LogP contribution in [0.3, 0.4) is 0 Å². The fourth-order valence-corrected chi connectivity index (χ4v) is 3.74. The molecule has 4 rings (SSSR count). The molecule has 1 N–H and O–H groups in total. The van der Waals surface area contributed by atoms with Gasteiger partial charge in [0, 0.05) is 41.6 Å². The van der Waals surface area contributed by atoms with Crippen LogP contribution in [0.5, 0.6) is 0 Å². The number of amides is 1. The lowest BCUT2D eigenvalue weighted by atomic mass is 10.0. The maximum Gasteiger partial charge on any atom is 0.257 e. The number of hydrogen-bond donors (Lipinski definition) is 1. The Balaban J connectivity index is 0.00000256. The molecule has 8 heteroatoms. The molecular formula is C22H23ClF2N4O. The molecule has 0 radical (unpaired) electrons. The van der Waals surface area contributed by atoms with Crippen LogP contribution in [0, 0.1) is 18.6 Å². The van der Waals surface area contributed by atoms with Gasteiger partial charge in [0.2, 0.25) is 0 Å². The maximum absolute atomic E-state index is 13.7. The minimum absolute atomic E-state index is 0. The molecule has 0 bridgehead atoms. The number of nitrogens with zero attached hydrogens (tertiary/aromatic N) is 3. The lowest BCUT2D eigenvalue weighted by Crippen LogP contribution is -2.42. The molecule has 3 aromatic rings. The van der Waals surface area contributed by atoms with E-state index in [9.17, 15) is 13.6 Å². The Morgan fingerprint density at radius 1 is 1.17 bits per heavy atom. The molecule has 30 heavy (non-hydrogen) atoms. The van der Waals surface area contributed by atoms with Crippen LogP contribution in [0.2, 0.25) is 0 Å². The summed E-state index contributed by atoms with van der Waals surface area (Å²) in [6.45, 7) is 4.59. The average molecular weight is 433 g/mol. The summed E-state index contributed by atoms with van der Waals surface area (Å²) in [6, 6.07) is 7.36. The number of likely N-dealkylation sites (tertiary alicyclic amines) is 1. The SMILES string of the molecule is Cc1ccc2c(Nc3ccc(F)c(F)c3)c(C(=O)N3CCCCC3C)cnc2n1.Cl. The molecule has 0 saturated carbocycles. The van der Waals surface area contributed by atoms with Gasteiger partial charge in [-0.05, 0) is 57.4 Å². The van der Waals surface area contributed by atoms with E-state index in [0.29, 0.717) is 34.5 Å². The number of fused-ring (bicyclic) bond motifs is 1. The molecule has 1 aliphatic heterocycles. The Bertz CT molecular complexity index is 1090. The van der Waals surface area contributed by atoms with Gasteiger partial charge in [-0.3, -0.25) is 4.79 Å². The molecule has 0 aliphatic carbocycles. The number of rotatable bonds is 3. The van der Waals surface area contributed by atoms with Crippen LogP contribution < -0.4 is 5.32 Å². The summed E-state index contributed by atoms with van der Waals surface area (Å²) in [7, 11) is 0. The fraction of sp³-hybridized carbons (Fsp3) is 0.318. The number of benzene rings is 1. The second-order valence-corrected chi connectivity index (χ2v) is 7.47. The molecule has 1 amide bonds. The highest BCUT2D eigenvalue weighted by Gasteiger charge is 2.27. The van der Waals surface area contributed by atoms with Crippen LogP contribution in [0.25, 0.3) is 11.0 Å². The van der Waals surface area contributed by atoms with Crippen molar-refractivity contribution < 1.29 is 13.6 Å². The largest absolute Gasteiger partial charge is 0.354 e. The third-order valence-corrected chi connectivity index (χ3v) is 5.35. The highest BCUT2D eigenvalue weighted by molar-refractivity contribution is 6.07. The Morgan fingerprint density at radius 2 is 1.97 bits per heavy atom. The van der Waals surface area contributed by atoms with Crippen molar-refractivity contribution in [3.8, 4) is 0 Å². The van der Waals surface area contributed by atoms with Crippen molar-refractivity contribution in [1.82, 2.24) is 14.9 Å². The van der Waals surface area contributed by atoms with E-state index in [1.165, 1.54) is 12.3 Å². The first-order valence-corrected chi connectivity index (χ1v) is 9.73. The fourth-order valence-electron chi connectivity index (χ4n) is 3.74. The van der Waals surface area contributed by atoms with Crippen molar-refractivity contribution in [3.63, 3.8) is 0 Å². The van der Waals surface area contributed by atoms with Gasteiger partial charge < -0.3 is 10.2 Å². The number of anilines is 2. The topological polar surface area (TPSA) is 58.1 Å². The summed E-state index contributed by atoms with van der Waals surface area (Å²) >= 11 is 0. The lowest BCUT2D eigenvalue weighted by molar-refractivity contribution is 0.0636. The Morgan fingerprint density at radius 3 is 2.70 bits per heavy atom. The number of pyridine rings is 2. The molecule has 1 unspecified atom stereocenters. The molecule has 3 heterocycles. The standard InChI is InChI=1S/C22H22F2N4O.ClH/c1-13-6-8-16-20(27-15-7-9-18(23)19(24)11-15)17(12-25-21(16)26-13)22(29)28-10-4-3-5-14(28)2;/h6-9,11-12,14H,3-5,10H2,1-2H3,(H,25,26,27);1H. The number of carbonyl (C=O) groups excluding carboxylic acids is 1. The van der Waals surface area contributed by atoms with Gasteiger partial charge >= 0.3 is 0 Å². The molecule has 1 aromatic carbocycles. The van der Waals surface area contributed by atoms with Gasteiger partial charge in [0.25, 0.3) is 5.91 Å². The summed E-state index contributed by atoms with van der Waals surface area (Å²) in [4.78, 5) is 24.0. The summed E-state index contributed by atoms with van der Waals surface area (Å²) in [5.41, 5.74) is 2.52. The number of carbonyl (C=O) groups is 1. The average Bonchev–Trinajstić information content (AvgIpc) is 2.70. The van der Waals surface area contributed by atoms with Crippen LogP contribution in [0.4, 0.5) is 20.2 Å². The molecule has 1 saturated heterocycles. The molecule has 1 atom stereocenters. The quantitative estimate of drug-likeness (QED) is 0.602. The third-order valence-electron chi connectivity index (χ3n) is 5.35. The van der Waals surface area contributed by atoms with Gasteiger partial charge in [-0.25, -0.2) is 18.7 Å².